The van der Waals surface area contributed by atoms with E-state index in [0.717, 1.165) is 17.4 Å². The largest absolute Gasteiger partial charge is 0.406 e. The topological polar surface area (TPSA) is 87.3 Å². The maximum Gasteiger partial charge on any atom is 0.309 e. The first-order chi connectivity index (χ1) is 12.5. The van der Waals surface area contributed by atoms with Gasteiger partial charge in [0.1, 0.15) is 0 Å². The van der Waals surface area contributed by atoms with Crippen LogP contribution in [0.25, 0.3) is 5.69 Å². The lowest BCUT2D eigenvalue weighted by molar-refractivity contribution is -0.387. The second-order valence-electron chi connectivity index (χ2n) is 5.39. The molecule has 7 nitrogen and oxygen atoms in total. The third kappa shape index (κ3) is 3.60. The van der Waals surface area contributed by atoms with E-state index in [1.165, 1.54) is 17.7 Å². The van der Waals surface area contributed by atoms with E-state index in [-0.39, 0.29) is 11.6 Å². The average Bonchev–Trinajstić information content (AvgIpc) is 2.91. The highest BCUT2D eigenvalue weighted by atomic mass is 32.2. The lowest BCUT2D eigenvalue weighted by atomic mass is 10.3. The molecular weight excluding hydrogens is 354 g/mol. The van der Waals surface area contributed by atoms with Crippen LogP contribution < -0.4 is 4.74 Å². The molecule has 0 radical (unpaired) electrons. The van der Waals surface area contributed by atoms with Crippen molar-refractivity contribution in [1.82, 2.24) is 9.78 Å². The number of nitro groups is 1. The van der Waals surface area contributed by atoms with Crippen LogP contribution in [0.4, 0.5) is 5.69 Å². The van der Waals surface area contributed by atoms with Crippen LogP contribution in [-0.2, 0) is 4.79 Å². The number of nitro benzene ring substituents is 1. The van der Waals surface area contributed by atoms with Crippen LogP contribution in [-0.4, -0.2) is 20.7 Å². The van der Waals surface area contributed by atoms with Gasteiger partial charge in [0.15, 0.2) is 0 Å². The fourth-order valence-electron chi connectivity index (χ4n) is 2.38. The first-order valence-corrected chi connectivity index (χ1v) is 8.53. The van der Waals surface area contributed by atoms with Crippen LogP contribution in [0.2, 0.25) is 0 Å². The van der Waals surface area contributed by atoms with E-state index >= 15 is 0 Å². The van der Waals surface area contributed by atoms with E-state index in [9.17, 15) is 14.9 Å². The summed E-state index contributed by atoms with van der Waals surface area (Å²) in [6, 6.07) is 15.6. The number of carbonyl (C=O) groups excluding carboxylic acids is 1. The van der Waals surface area contributed by atoms with Crippen LogP contribution in [0.5, 0.6) is 5.88 Å². The van der Waals surface area contributed by atoms with Crippen molar-refractivity contribution in [3.05, 3.63) is 70.4 Å². The van der Waals surface area contributed by atoms with E-state index < -0.39 is 10.9 Å². The minimum absolute atomic E-state index is 0.0156. The number of rotatable bonds is 5. The minimum Gasteiger partial charge on any atom is -0.406 e. The molecule has 2 aromatic carbocycles. The van der Waals surface area contributed by atoms with Gasteiger partial charge >= 0.3 is 5.97 Å². The second kappa shape index (κ2) is 7.40. The van der Waals surface area contributed by atoms with Crippen LogP contribution >= 0.6 is 11.8 Å². The number of aromatic nitrogens is 2. The summed E-state index contributed by atoms with van der Waals surface area (Å²) in [5.74, 6) is -0.254. The van der Waals surface area contributed by atoms with Gasteiger partial charge in [-0.15, -0.1) is 0 Å². The fourth-order valence-corrected chi connectivity index (χ4v) is 3.40. The van der Waals surface area contributed by atoms with Crippen molar-refractivity contribution in [2.75, 3.05) is 0 Å². The Hall–Kier alpha value is -3.13. The average molecular weight is 369 g/mol. The number of nitrogens with zero attached hydrogens (tertiary/aromatic N) is 3. The van der Waals surface area contributed by atoms with Gasteiger partial charge in [-0.3, -0.25) is 14.9 Å². The molecule has 132 valence electrons. The fraction of sp³-hybridized carbons (Fsp3) is 0.111. The second-order valence-corrected chi connectivity index (χ2v) is 6.44. The summed E-state index contributed by atoms with van der Waals surface area (Å²) >= 11 is 1.15. The van der Waals surface area contributed by atoms with Gasteiger partial charge in [0.05, 0.1) is 26.1 Å². The molecule has 26 heavy (non-hydrogen) atoms. The molecule has 0 saturated heterocycles. The molecule has 0 atom stereocenters. The Morgan fingerprint density at radius 1 is 1.15 bits per heavy atom. The van der Waals surface area contributed by atoms with Crippen molar-refractivity contribution >= 4 is 23.4 Å². The molecule has 0 aliphatic heterocycles. The first kappa shape index (κ1) is 17.7. The van der Waals surface area contributed by atoms with Crippen LogP contribution in [0, 0.1) is 17.0 Å². The number of para-hydroxylation sites is 2. The van der Waals surface area contributed by atoms with E-state index in [0.29, 0.717) is 15.5 Å². The number of hydrogen-bond acceptors (Lipinski definition) is 6. The number of aryl methyl sites for hydroxylation is 1. The van der Waals surface area contributed by atoms with Gasteiger partial charge in [-0.2, -0.15) is 9.78 Å². The Balaban J connectivity index is 2.12. The van der Waals surface area contributed by atoms with Crippen molar-refractivity contribution in [3.63, 3.8) is 0 Å². The van der Waals surface area contributed by atoms with Crippen molar-refractivity contribution in [1.29, 1.82) is 0 Å². The Morgan fingerprint density at radius 2 is 1.81 bits per heavy atom. The quantitative estimate of drug-likeness (QED) is 0.381. The Labute approximate surface area is 153 Å². The van der Waals surface area contributed by atoms with Gasteiger partial charge in [0.25, 0.3) is 5.69 Å². The molecule has 0 fully saturated rings. The molecule has 0 aliphatic rings. The van der Waals surface area contributed by atoms with Crippen molar-refractivity contribution in [2.45, 2.75) is 23.6 Å². The van der Waals surface area contributed by atoms with Gasteiger partial charge in [-0.1, -0.05) is 42.1 Å². The molecule has 3 rings (SSSR count). The predicted octanol–water partition coefficient (Wildman–Crippen LogP) is 4.17. The van der Waals surface area contributed by atoms with E-state index in [2.05, 4.69) is 5.10 Å². The zero-order valence-electron chi connectivity index (χ0n) is 14.1. The van der Waals surface area contributed by atoms with Crippen LogP contribution in [0.15, 0.2) is 64.4 Å². The Bertz CT molecular complexity index is 970. The van der Waals surface area contributed by atoms with Crippen molar-refractivity contribution in [2.24, 2.45) is 0 Å². The predicted molar refractivity (Wildman–Crippen MR) is 96.8 cm³/mol. The number of ether oxygens (including phenoxy) is 1. The normalized spacial score (nSPS) is 10.5. The molecule has 0 N–H and O–H groups in total. The van der Waals surface area contributed by atoms with Gasteiger partial charge in [0.2, 0.25) is 5.88 Å². The standard InChI is InChI=1S/C18H15N3O4S/c1-12-17(26-16-11-7-6-10-15(16)21(23)24)18(25-13(2)22)20(19-12)14-8-4-3-5-9-14/h3-11H,1-2H3. The molecule has 8 heteroatoms. The maximum absolute atomic E-state index is 11.6. The summed E-state index contributed by atoms with van der Waals surface area (Å²) in [5, 5.41) is 15.7. The Kier molecular flexibility index (Phi) is 5.04. The summed E-state index contributed by atoms with van der Waals surface area (Å²) in [4.78, 5) is 23.4. The SMILES string of the molecule is CC(=O)Oc1c(Sc2ccccc2[N+](=O)[O-])c(C)nn1-c1ccccc1. The highest BCUT2D eigenvalue weighted by Crippen LogP contribution is 2.42. The van der Waals surface area contributed by atoms with Crippen molar-refractivity contribution in [3.8, 4) is 11.6 Å². The molecule has 0 bridgehead atoms. The summed E-state index contributed by atoms with van der Waals surface area (Å²) < 4.78 is 6.92. The zero-order valence-corrected chi connectivity index (χ0v) is 14.9. The van der Waals surface area contributed by atoms with Crippen molar-refractivity contribution < 1.29 is 14.5 Å². The summed E-state index contributed by atoms with van der Waals surface area (Å²) in [5.41, 5.74) is 1.31. The number of hydrogen-bond donors (Lipinski definition) is 0. The summed E-state index contributed by atoms with van der Waals surface area (Å²) in [6.45, 7) is 3.07. The third-order valence-electron chi connectivity index (χ3n) is 3.48. The van der Waals surface area contributed by atoms with Gasteiger partial charge in [0, 0.05) is 13.0 Å². The van der Waals surface area contributed by atoms with Crippen LogP contribution in [0.3, 0.4) is 0 Å². The van der Waals surface area contributed by atoms with Gasteiger partial charge in [-0.05, 0) is 25.1 Å². The summed E-state index contributed by atoms with van der Waals surface area (Å²) in [7, 11) is 0. The molecular formula is C18H15N3O4S. The van der Waals surface area contributed by atoms with E-state index in [1.807, 2.05) is 30.3 Å². The number of benzene rings is 2. The maximum atomic E-state index is 11.6. The minimum atomic E-state index is -0.494. The van der Waals surface area contributed by atoms with E-state index in [4.69, 9.17) is 4.74 Å². The van der Waals surface area contributed by atoms with Crippen LogP contribution in [0.1, 0.15) is 12.6 Å². The van der Waals surface area contributed by atoms with E-state index in [1.54, 1.807) is 25.1 Å². The lowest BCUT2D eigenvalue weighted by Gasteiger charge is -2.09. The highest BCUT2D eigenvalue weighted by molar-refractivity contribution is 7.99. The van der Waals surface area contributed by atoms with Gasteiger partial charge in [-0.25, -0.2) is 0 Å². The smallest absolute Gasteiger partial charge is 0.309 e. The van der Waals surface area contributed by atoms with Gasteiger partial charge < -0.3 is 4.74 Å². The molecule has 3 aromatic rings. The molecule has 1 heterocycles. The molecule has 0 spiro atoms. The zero-order chi connectivity index (χ0) is 18.7. The molecule has 1 aromatic heterocycles. The molecule has 0 unspecified atom stereocenters. The molecule has 0 amide bonds. The third-order valence-corrected chi connectivity index (χ3v) is 4.72. The monoisotopic (exact) mass is 369 g/mol. The highest BCUT2D eigenvalue weighted by Gasteiger charge is 2.23. The first-order valence-electron chi connectivity index (χ1n) is 7.72. The molecule has 0 aliphatic carbocycles. The lowest BCUT2D eigenvalue weighted by Crippen LogP contribution is -2.08. The summed E-state index contributed by atoms with van der Waals surface area (Å²) in [6.07, 6.45) is 0. The Morgan fingerprint density at radius 3 is 2.46 bits per heavy atom. The molecule has 0 saturated carbocycles. The number of carbonyl (C=O) groups is 1. The number of esters is 1.